The first-order chi connectivity index (χ1) is 18.4. The number of carbonyl (C=O) groups is 4. The van der Waals surface area contributed by atoms with Crippen molar-refractivity contribution in [3.05, 3.63) is 64.7 Å². The van der Waals surface area contributed by atoms with Gasteiger partial charge in [0, 0.05) is 30.5 Å². The van der Waals surface area contributed by atoms with Gasteiger partial charge in [-0.25, -0.2) is 0 Å². The van der Waals surface area contributed by atoms with Crippen molar-refractivity contribution in [2.75, 3.05) is 11.9 Å². The molecule has 1 saturated heterocycles. The predicted octanol–water partition coefficient (Wildman–Crippen LogP) is 2.92. The van der Waals surface area contributed by atoms with E-state index in [2.05, 4.69) is 21.3 Å². The summed E-state index contributed by atoms with van der Waals surface area (Å²) in [5, 5.41) is 21.0. The largest absolute Gasteiger partial charge is 0.389 e. The normalized spacial score (nSPS) is 16.6. The van der Waals surface area contributed by atoms with Gasteiger partial charge in [0.25, 0.3) is 11.8 Å². The van der Waals surface area contributed by atoms with Crippen LogP contribution in [0, 0.1) is 5.92 Å². The standard InChI is InChI=1S/C26H28ClF3N4O5/c27-17-6-7-19(33-21(35)8-10-26(28,29)30)18(13-17)24(38)34-20(12-16-9-11-31-23(16)37)22(36)25(39)32-14-15-4-2-1-3-5-15/h1-7,13,16,20,22,36H,8-12,14H2,(H,31,37)(H,32,39)(H,33,35)(H,34,38). The summed E-state index contributed by atoms with van der Waals surface area (Å²) in [7, 11) is 0. The molecular weight excluding hydrogens is 541 g/mol. The highest BCUT2D eigenvalue weighted by molar-refractivity contribution is 6.31. The number of benzene rings is 2. The summed E-state index contributed by atoms with van der Waals surface area (Å²) in [6, 6.07) is 11.5. The molecule has 3 rings (SSSR count). The predicted molar refractivity (Wildman–Crippen MR) is 137 cm³/mol. The molecule has 0 saturated carbocycles. The Kier molecular flexibility index (Phi) is 10.3. The number of rotatable bonds is 11. The van der Waals surface area contributed by atoms with Crippen molar-refractivity contribution in [3.63, 3.8) is 0 Å². The zero-order valence-electron chi connectivity index (χ0n) is 20.7. The average Bonchev–Trinajstić information content (AvgIpc) is 3.30. The summed E-state index contributed by atoms with van der Waals surface area (Å²) in [5.74, 6) is -3.47. The van der Waals surface area contributed by atoms with E-state index in [1.165, 1.54) is 18.2 Å². The Morgan fingerprint density at radius 3 is 2.49 bits per heavy atom. The van der Waals surface area contributed by atoms with Gasteiger partial charge in [-0.05, 0) is 36.6 Å². The Bertz CT molecular complexity index is 1200. The molecule has 5 N–H and O–H groups in total. The van der Waals surface area contributed by atoms with Gasteiger partial charge in [0.15, 0.2) is 6.10 Å². The van der Waals surface area contributed by atoms with Crippen LogP contribution in [0.2, 0.25) is 5.02 Å². The van der Waals surface area contributed by atoms with Crippen molar-refractivity contribution in [1.82, 2.24) is 16.0 Å². The molecule has 1 fully saturated rings. The van der Waals surface area contributed by atoms with E-state index in [-0.39, 0.29) is 35.1 Å². The third-order valence-corrected chi connectivity index (χ3v) is 6.35. The number of anilines is 1. The smallest absolute Gasteiger partial charge is 0.381 e. The second-order valence-corrected chi connectivity index (χ2v) is 9.53. The van der Waals surface area contributed by atoms with Crippen molar-refractivity contribution in [3.8, 4) is 0 Å². The van der Waals surface area contributed by atoms with Crippen molar-refractivity contribution < 1.29 is 37.5 Å². The lowest BCUT2D eigenvalue weighted by atomic mass is 9.94. The van der Waals surface area contributed by atoms with E-state index in [0.717, 1.165) is 5.56 Å². The fraction of sp³-hybridized carbons (Fsp3) is 0.385. The van der Waals surface area contributed by atoms with Crippen LogP contribution in [0.4, 0.5) is 18.9 Å². The topological polar surface area (TPSA) is 137 Å². The van der Waals surface area contributed by atoms with Crippen molar-refractivity contribution in [2.24, 2.45) is 5.92 Å². The number of aliphatic hydroxyl groups excluding tert-OH is 1. The molecule has 0 radical (unpaired) electrons. The van der Waals surface area contributed by atoms with Gasteiger partial charge >= 0.3 is 6.18 Å². The summed E-state index contributed by atoms with van der Waals surface area (Å²) < 4.78 is 37.5. The van der Waals surface area contributed by atoms with Crippen molar-refractivity contribution in [2.45, 2.75) is 50.6 Å². The van der Waals surface area contributed by atoms with Crippen LogP contribution in [-0.2, 0) is 20.9 Å². The lowest BCUT2D eigenvalue weighted by molar-refractivity contribution is -0.142. The van der Waals surface area contributed by atoms with E-state index in [0.29, 0.717) is 13.0 Å². The molecule has 0 bridgehead atoms. The average molecular weight is 569 g/mol. The monoisotopic (exact) mass is 568 g/mol. The molecular formula is C26H28ClF3N4O5. The minimum absolute atomic E-state index is 0.0641. The van der Waals surface area contributed by atoms with Gasteiger partial charge in [0.1, 0.15) is 0 Å². The SMILES string of the molecule is O=C(CCC(F)(F)F)Nc1ccc(Cl)cc1C(=O)NC(CC1CCNC1=O)C(O)C(=O)NCc1ccccc1. The van der Waals surface area contributed by atoms with Gasteiger partial charge in [-0.1, -0.05) is 41.9 Å². The third-order valence-electron chi connectivity index (χ3n) is 6.11. The summed E-state index contributed by atoms with van der Waals surface area (Å²) in [4.78, 5) is 50.3. The van der Waals surface area contributed by atoms with Crippen LogP contribution in [0.1, 0.15) is 41.6 Å². The van der Waals surface area contributed by atoms with Crippen molar-refractivity contribution >= 4 is 40.9 Å². The summed E-state index contributed by atoms with van der Waals surface area (Å²) in [5.41, 5.74) is 0.476. The van der Waals surface area contributed by atoms with Gasteiger partial charge in [0.05, 0.1) is 23.7 Å². The first-order valence-electron chi connectivity index (χ1n) is 12.2. The van der Waals surface area contributed by atoms with E-state index >= 15 is 0 Å². The summed E-state index contributed by atoms with van der Waals surface area (Å²) in [6.07, 6.45) is -8.10. The quantitative estimate of drug-likeness (QED) is 0.284. The Labute approximate surface area is 227 Å². The molecule has 3 unspecified atom stereocenters. The van der Waals surface area contributed by atoms with Crippen LogP contribution >= 0.6 is 11.6 Å². The highest BCUT2D eigenvalue weighted by Gasteiger charge is 2.35. The molecule has 0 aromatic heterocycles. The van der Waals surface area contributed by atoms with Gasteiger partial charge in [0.2, 0.25) is 11.8 Å². The second-order valence-electron chi connectivity index (χ2n) is 9.09. The first-order valence-corrected chi connectivity index (χ1v) is 12.5. The molecule has 2 aromatic rings. The Balaban J connectivity index is 1.76. The number of aliphatic hydroxyl groups is 1. The molecule has 210 valence electrons. The fourth-order valence-corrected chi connectivity index (χ4v) is 4.22. The van der Waals surface area contributed by atoms with E-state index < -0.39 is 54.8 Å². The molecule has 3 atom stereocenters. The van der Waals surface area contributed by atoms with Gasteiger partial charge < -0.3 is 26.4 Å². The minimum atomic E-state index is -4.53. The zero-order chi connectivity index (χ0) is 28.6. The van der Waals surface area contributed by atoms with E-state index in [4.69, 9.17) is 11.6 Å². The van der Waals surface area contributed by atoms with E-state index in [9.17, 15) is 37.5 Å². The van der Waals surface area contributed by atoms with Gasteiger partial charge in [-0.15, -0.1) is 0 Å². The third kappa shape index (κ3) is 9.25. The first kappa shape index (κ1) is 29.9. The molecule has 0 spiro atoms. The lowest BCUT2D eigenvalue weighted by Crippen LogP contribution is -2.51. The van der Waals surface area contributed by atoms with Gasteiger partial charge in [-0.3, -0.25) is 19.2 Å². The molecule has 0 aliphatic carbocycles. The summed E-state index contributed by atoms with van der Waals surface area (Å²) >= 11 is 6.02. The van der Waals surface area contributed by atoms with Crippen LogP contribution in [0.3, 0.4) is 0 Å². The molecule has 4 amide bonds. The highest BCUT2D eigenvalue weighted by Crippen LogP contribution is 2.25. The molecule has 39 heavy (non-hydrogen) atoms. The maximum Gasteiger partial charge on any atom is 0.389 e. The van der Waals surface area contributed by atoms with E-state index in [1.54, 1.807) is 30.3 Å². The second kappa shape index (κ2) is 13.4. The van der Waals surface area contributed by atoms with Crippen LogP contribution in [0.25, 0.3) is 0 Å². The van der Waals surface area contributed by atoms with Crippen LogP contribution < -0.4 is 21.3 Å². The lowest BCUT2D eigenvalue weighted by Gasteiger charge is -2.26. The number of nitrogens with one attached hydrogen (secondary N) is 4. The Hall–Kier alpha value is -3.64. The van der Waals surface area contributed by atoms with Crippen LogP contribution in [0.15, 0.2) is 48.5 Å². The van der Waals surface area contributed by atoms with Crippen molar-refractivity contribution in [1.29, 1.82) is 0 Å². The molecule has 13 heteroatoms. The highest BCUT2D eigenvalue weighted by atomic mass is 35.5. The summed E-state index contributed by atoms with van der Waals surface area (Å²) in [6.45, 7) is 0.520. The maximum absolute atomic E-state index is 13.2. The molecule has 1 aliphatic rings. The van der Waals surface area contributed by atoms with Crippen LogP contribution in [0.5, 0.6) is 0 Å². The number of amides is 4. The maximum atomic E-state index is 13.2. The van der Waals surface area contributed by atoms with Gasteiger partial charge in [-0.2, -0.15) is 13.2 Å². The zero-order valence-corrected chi connectivity index (χ0v) is 21.4. The number of halogens is 4. The number of carbonyl (C=O) groups excluding carboxylic acids is 4. The molecule has 1 heterocycles. The number of alkyl halides is 3. The Morgan fingerprint density at radius 2 is 1.85 bits per heavy atom. The molecule has 1 aliphatic heterocycles. The number of hydrogen-bond acceptors (Lipinski definition) is 5. The number of hydrogen-bond donors (Lipinski definition) is 5. The minimum Gasteiger partial charge on any atom is -0.381 e. The molecule has 9 nitrogen and oxygen atoms in total. The fourth-order valence-electron chi connectivity index (χ4n) is 4.04. The molecule has 2 aromatic carbocycles. The van der Waals surface area contributed by atoms with E-state index in [1.807, 2.05) is 0 Å². The van der Waals surface area contributed by atoms with Crippen LogP contribution in [-0.4, -0.2) is 53.6 Å². The Morgan fingerprint density at radius 1 is 1.13 bits per heavy atom.